The molecule has 0 saturated heterocycles. The summed E-state index contributed by atoms with van der Waals surface area (Å²) < 4.78 is 1.08. The average Bonchev–Trinajstić information content (AvgIpc) is 2.50. The Morgan fingerprint density at radius 2 is 1.40 bits per heavy atom. The lowest BCUT2D eigenvalue weighted by molar-refractivity contribution is 1.74. The number of rotatable bonds is 0. The minimum Gasteiger partial charge on any atom is -0.0837 e. The van der Waals surface area contributed by atoms with Gasteiger partial charge in [0.25, 0.3) is 0 Å². The van der Waals surface area contributed by atoms with Crippen molar-refractivity contribution in [1.29, 1.82) is 0 Å². The molecule has 0 aliphatic rings. The molecule has 0 atom stereocenters. The van der Waals surface area contributed by atoms with Crippen LogP contribution in [-0.2, 0) is 0 Å². The van der Waals surface area contributed by atoms with Crippen molar-refractivity contribution in [2.24, 2.45) is 0 Å². The predicted molar refractivity (Wildman–Crippen MR) is 91.7 cm³/mol. The zero-order chi connectivity index (χ0) is 13.7. The molecule has 4 aromatic rings. The van der Waals surface area contributed by atoms with Crippen LogP contribution in [0.1, 0.15) is 0 Å². The number of hydrogen-bond donors (Lipinski definition) is 0. The lowest BCUT2D eigenvalue weighted by Gasteiger charge is -2.10. The Hall–Kier alpha value is -1.57. The SMILES string of the molecule is Clc1ccc(Br)c2c1ccc1ccc3ccccc3c12. The molecule has 96 valence electrons. The topological polar surface area (TPSA) is 0 Å². The zero-order valence-electron chi connectivity index (χ0n) is 10.5. The number of halogens is 2. The van der Waals surface area contributed by atoms with Gasteiger partial charge in [-0.15, -0.1) is 0 Å². The monoisotopic (exact) mass is 340 g/mol. The number of benzene rings is 4. The van der Waals surface area contributed by atoms with Gasteiger partial charge in [0.1, 0.15) is 0 Å². The van der Waals surface area contributed by atoms with Crippen LogP contribution in [0.5, 0.6) is 0 Å². The van der Waals surface area contributed by atoms with Crippen LogP contribution in [0, 0.1) is 0 Å². The Balaban J connectivity index is 2.40. The summed E-state index contributed by atoms with van der Waals surface area (Å²) in [6.45, 7) is 0. The van der Waals surface area contributed by atoms with Crippen LogP contribution in [0.2, 0.25) is 5.02 Å². The minimum absolute atomic E-state index is 0.790. The summed E-state index contributed by atoms with van der Waals surface area (Å²) in [5, 5.41) is 8.07. The Bertz CT molecular complexity index is 973. The van der Waals surface area contributed by atoms with Gasteiger partial charge >= 0.3 is 0 Å². The molecule has 2 heteroatoms. The molecule has 0 spiro atoms. The average molecular weight is 342 g/mol. The lowest BCUT2D eigenvalue weighted by Crippen LogP contribution is -1.83. The largest absolute Gasteiger partial charge is 0.0837 e. The fourth-order valence-corrected chi connectivity index (χ4v) is 3.63. The summed E-state index contributed by atoms with van der Waals surface area (Å²) in [5.74, 6) is 0. The highest BCUT2D eigenvalue weighted by atomic mass is 79.9. The molecule has 0 aliphatic heterocycles. The van der Waals surface area contributed by atoms with Crippen molar-refractivity contribution in [3.63, 3.8) is 0 Å². The van der Waals surface area contributed by atoms with Crippen LogP contribution in [-0.4, -0.2) is 0 Å². The highest BCUT2D eigenvalue weighted by Gasteiger charge is 2.09. The first-order valence-electron chi connectivity index (χ1n) is 6.44. The summed E-state index contributed by atoms with van der Waals surface area (Å²) in [7, 11) is 0. The van der Waals surface area contributed by atoms with Gasteiger partial charge in [0.05, 0.1) is 0 Å². The van der Waals surface area contributed by atoms with Gasteiger partial charge in [0, 0.05) is 20.3 Å². The van der Waals surface area contributed by atoms with Crippen molar-refractivity contribution in [2.45, 2.75) is 0 Å². The molecule has 20 heavy (non-hydrogen) atoms. The van der Waals surface area contributed by atoms with Crippen molar-refractivity contribution >= 4 is 59.8 Å². The van der Waals surface area contributed by atoms with Crippen molar-refractivity contribution in [1.82, 2.24) is 0 Å². The molecule has 0 amide bonds. The highest BCUT2D eigenvalue weighted by molar-refractivity contribution is 9.10. The van der Waals surface area contributed by atoms with Crippen LogP contribution in [0.4, 0.5) is 0 Å². The summed E-state index contributed by atoms with van der Waals surface area (Å²) in [5.41, 5.74) is 0. The molecule has 0 radical (unpaired) electrons. The van der Waals surface area contributed by atoms with Crippen LogP contribution in [0.15, 0.2) is 65.1 Å². The van der Waals surface area contributed by atoms with E-state index in [0.717, 1.165) is 14.9 Å². The maximum absolute atomic E-state index is 6.36. The number of hydrogen-bond acceptors (Lipinski definition) is 0. The van der Waals surface area contributed by atoms with Gasteiger partial charge in [-0.2, -0.15) is 0 Å². The van der Waals surface area contributed by atoms with Gasteiger partial charge in [-0.1, -0.05) is 76.1 Å². The quantitative estimate of drug-likeness (QED) is 0.318. The van der Waals surface area contributed by atoms with Crippen molar-refractivity contribution in [3.8, 4) is 0 Å². The van der Waals surface area contributed by atoms with E-state index >= 15 is 0 Å². The molecule has 0 bridgehead atoms. The molecule has 0 saturated carbocycles. The van der Waals surface area contributed by atoms with Crippen molar-refractivity contribution in [2.75, 3.05) is 0 Å². The fraction of sp³-hybridized carbons (Fsp3) is 0. The molecule has 0 nitrogen and oxygen atoms in total. The van der Waals surface area contributed by atoms with Gasteiger partial charge < -0.3 is 0 Å². The maximum atomic E-state index is 6.36. The molecule has 4 rings (SSSR count). The molecule has 0 aromatic heterocycles. The predicted octanol–water partition coefficient (Wildman–Crippen LogP) is 6.56. The molecule has 0 fully saturated rings. The van der Waals surface area contributed by atoms with E-state index in [-0.39, 0.29) is 0 Å². The fourth-order valence-electron chi connectivity index (χ4n) is 2.86. The van der Waals surface area contributed by atoms with Gasteiger partial charge in [0.15, 0.2) is 0 Å². The van der Waals surface area contributed by atoms with E-state index in [9.17, 15) is 0 Å². The Kier molecular flexibility index (Phi) is 2.73. The van der Waals surface area contributed by atoms with E-state index < -0.39 is 0 Å². The Morgan fingerprint density at radius 3 is 2.30 bits per heavy atom. The zero-order valence-corrected chi connectivity index (χ0v) is 12.9. The van der Waals surface area contributed by atoms with Crippen LogP contribution in [0.3, 0.4) is 0 Å². The van der Waals surface area contributed by atoms with E-state index in [2.05, 4.69) is 64.5 Å². The third kappa shape index (κ3) is 1.67. The first kappa shape index (κ1) is 12.2. The van der Waals surface area contributed by atoms with Crippen LogP contribution >= 0.6 is 27.5 Å². The smallest absolute Gasteiger partial charge is 0.0485 e. The van der Waals surface area contributed by atoms with Gasteiger partial charge in [-0.05, 0) is 33.7 Å². The summed E-state index contributed by atoms with van der Waals surface area (Å²) in [6.07, 6.45) is 0. The summed E-state index contributed by atoms with van der Waals surface area (Å²) in [4.78, 5) is 0. The Labute approximate surface area is 130 Å². The van der Waals surface area contributed by atoms with E-state index in [1.165, 1.54) is 26.9 Å². The third-order valence-corrected chi connectivity index (χ3v) is 4.77. The van der Waals surface area contributed by atoms with E-state index in [4.69, 9.17) is 11.6 Å². The molecular weight excluding hydrogens is 332 g/mol. The standard InChI is InChI=1S/C18H10BrCl/c19-15-9-10-16(20)14-8-7-12-6-5-11-3-1-2-4-13(11)17(12)18(14)15/h1-10H. The molecule has 4 aromatic carbocycles. The van der Waals surface area contributed by atoms with Gasteiger partial charge in [0.2, 0.25) is 0 Å². The lowest BCUT2D eigenvalue weighted by atomic mass is 9.96. The van der Waals surface area contributed by atoms with Crippen LogP contribution < -0.4 is 0 Å². The summed E-state index contributed by atoms with van der Waals surface area (Å²) in [6, 6.07) is 21.0. The molecule has 0 unspecified atom stereocenters. The highest BCUT2D eigenvalue weighted by Crippen LogP contribution is 2.38. The van der Waals surface area contributed by atoms with Gasteiger partial charge in [-0.25, -0.2) is 0 Å². The van der Waals surface area contributed by atoms with E-state index in [1.807, 2.05) is 12.1 Å². The van der Waals surface area contributed by atoms with E-state index in [1.54, 1.807) is 0 Å². The first-order chi connectivity index (χ1) is 9.75. The second-order valence-corrected chi connectivity index (χ2v) is 6.16. The van der Waals surface area contributed by atoms with E-state index in [0.29, 0.717) is 0 Å². The first-order valence-corrected chi connectivity index (χ1v) is 7.61. The molecular formula is C18H10BrCl. The Morgan fingerprint density at radius 1 is 0.650 bits per heavy atom. The second kappa shape index (κ2) is 4.47. The number of fused-ring (bicyclic) bond motifs is 5. The van der Waals surface area contributed by atoms with Crippen LogP contribution in [0.25, 0.3) is 32.3 Å². The second-order valence-electron chi connectivity index (χ2n) is 4.90. The van der Waals surface area contributed by atoms with Crippen molar-refractivity contribution in [3.05, 3.63) is 70.2 Å². The normalized spacial score (nSPS) is 11.5. The van der Waals surface area contributed by atoms with Crippen molar-refractivity contribution < 1.29 is 0 Å². The third-order valence-electron chi connectivity index (χ3n) is 3.78. The molecule has 0 aliphatic carbocycles. The minimum atomic E-state index is 0.790. The maximum Gasteiger partial charge on any atom is 0.0485 e. The molecule has 0 heterocycles. The van der Waals surface area contributed by atoms with Gasteiger partial charge in [-0.3, -0.25) is 0 Å². The summed E-state index contributed by atoms with van der Waals surface area (Å²) >= 11 is 10.0. The molecule has 0 N–H and O–H groups in total.